The number of pyridine rings is 1. The number of rotatable bonds is 8. The van der Waals surface area contributed by atoms with E-state index in [1.807, 2.05) is 23.7 Å². The van der Waals surface area contributed by atoms with Crippen LogP contribution in [0, 0.1) is 0 Å². The Morgan fingerprint density at radius 3 is 3.10 bits per heavy atom. The van der Waals surface area contributed by atoms with Gasteiger partial charge in [-0.2, -0.15) is 5.10 Å². The molecule has 0 unspecified atom stereocenters. The van der Waals surface area contributed by atoms with E-state index in [2.05, 4.69) is 55.5 Å². The number of nitrogens with zero attached hydrogens (tertiary/aromatic N) is 4. The lowest BCUT2D eigenvalue weighted by Gasteiger charge is -2.06. The molecule has 30 heavy (non-hydrogen) atoms. The molecule has 3 aromatic heterocycles. The first-order valence-corrected chi connectivity index (χ1v) is 10.5. The maximum absolute atomic E-state index is 11.5. The van der Waals surface area contributed by atoms with E-state index >= 15 is 0 Å². The van der Waals surface area contributed by atoms with Gasteiger partial charge in [0.15, 0.2) is 0 Å². The number of carbonyl (C=O) groups is 1. The molecule has 4 aromatic rings. The van der Waals surface area contributed by atoms with Gasteiger partial charge in [-0.05, 0) is 41.6 Å². The lowest BCUT2D eigenvalue weighted by molar-refractivity contribution is -0.142. The number of nitrogens with one attached hydrogen (secondary N) is 1. The Hall–Kier alpha value is -3.52. The van der Waals surface area contributed by atoms with Crippen LogP contribution in [0.4, 0.5) is 5.13 Å². The molecule has 0 atom stereocenters. The fourth-order valence-electron chi connectivity index (χ4n) is 3.07. The summed E-state index contributed by atoms with van der Waals surface area (Å²) in [6, 6.07) is 12.3. The molecule has 8 heteroatoms. The summed E-state index contributed by atoms with van der Waals surface area (Å²) in [6.45, 7) is 2.92. The number of ether oxygens (including phenoxy) is 1. The molecule has 0 aliphatic heterocycles. The average molecular weight is 420 g/mol. The summed E-state index contributed by atoms with van der Waals surface area (Å²) in [5, 5.41) is 7.91. The summed E-state index contributed by atoms with van der Waals surface area (Å²) in [6.07, 6.45) is 7.66. The van der Waals surface area contributed by atoms with Gasteiger partial charge in [-0.3, -0.25) is 15.2 Å². The summed E-state index contributed by atoms with van der Waals surface area (Å²) in [7, 11) is 0. The van der Waals surface area contributed by atoms with E-state index in [1.54, 1.807) is 19.3 Å². The molecule has 0 amide bonds. The predicted octanol–water partition coefficient (Wildman–Crippen LogP) is 4.09. The molecule has 152 valence electrons. The lowest BCUT2D eigenvalue weighted by atomic mass is 10.2. The van der Waals surface area contributed by atoms with Gasteiger partial charge in [0.1, 0.15) is 0 Å². The van der Waals surface area contributed by atoms with Crippen LogP contribution in [0.1, 0.15) is 23.7 Å². The van der Waals surface area contributed by atoms with Gasteiger partial charge in [0.25, 0.3) is 0 Å². The Morgan fingerprint density at radius 2 is 2.27 bits per heavy atom. The van der Waals surface area contributed by atoms with Crippen molar-refractivity contribution in [3.8, 4) is 0 Å². The molecule has 4 rings (SSSR count). The van der Waals surface area contributed by atoms with Crippen molar-refractivity contribution in [2.45, 2.75) is 19.9 Å². The van der Waals surface area contributed by atoms with Crippen LogP contribution in [0.25, 0.3) is 10.9 Å². The Kier molecular flexibility index (Phi) is 6.14. The molecule has 3 heterocycles. The topological polar surface area (TPSA) is 81.4 Å². The third-order valence-electron chi connectivity index (χ3n) is 4.43. The van der Waals surface area contributed by atoms with E-state index in [0.717, 1.165) is 23.2 Å². The molecule has 0 radical (unpaired) electrons. The highest BCUT2D eigenvalue weighted by Crippen LogP contribution is 2.19. The van der Waals surface area contributed by atoms with Crippen LogP contribution >= 0.6 is 11.3 Å². The number of hydrazone groups is 1. The fourth-order valence-corrected chi connectivity index (χ4v) is 3.73. The van der Waals surface area contributed by atoms with E-state index in [0.29, 0.717) is 17.4 Å². The summed E-state index contributed by atoms with van der Waals surface area (Å²) in [4.78, 5) is 20.1. The molecule has 0 aliphatic carbocycles. The quantitative estimate of drug-likeness (QED) is 0.264. The Bertz CT molecular complexity index is 1170. The van der Waals surface area contributed by atoms with Crippen LogP contribution in [-0.2, 0) is 22.5 Å². The highest BCUT2D eigenvalue weighted by atomic mass is 32.1. The number of esters is 1. The van der Waals surface area contributed by atoms with Crippen molar-refractivity contribution < 1.29 is 9.53 Å². The molecule has 1 N–H and O–H groups in total. The van der Waals surface area contributed by atoms with E-state index < -0.39 is 0 Å². The lowest BCUT2D eigenvalue weighted by Crippen LogP contribution is -2.07. The van der Waals surface area contributed by atoms with Crippen LogP contribution in [0.3, 0.4) is 0 Å². The SMILES string of the molecule is CCOC(=O)Cc1csc(NN=Cc2ccc3ccn(Cc4cccnc4)c3c2)n1. The van der Waals surface area contributed by atoms with Gasteiger partial charge in [0.2, 0.25) is 5.13 Å². The van der Waals surface area contributed by atoms with Crippen LogP contribution in [0.15, 0.2) is 65.5 Å². The number of hydrogen-bond acceptors (Lipinski definition) is 7. The number of benzene rings is 1. The zero-order chi connectivity index (χ0) is 20.8. The molecule has 0 saturated heterocycles. The third-order valence-corrected chi connectivity index (χ3v) is 5.23. The van der Waals surface area contributed by atoms with Crippen molar-refractivity contribution >= 4 is 39.6 Å². The highest BCUT2D eigenvalue weighted by Gasteiger charge is 2.08. The maximum Gasteiger partial charge on any atom is 0.311 e. The summed E-state index contributed by atoms with van der Waals surface area (Å²) >= 11 is 1.40. The molecule has 0 spiro atoms. The first-order chi connectivity index (χ1) is 14.7. The second-order valence-corrected chi connectivity index (χ2v) is 7.48. The monoisotopic (exact) mass is 419 g/mol. The minimum Gasteiger partial charge on any atom is -0.466 e. The Morgan fingerprint density at radius 1 is 1.33 bits per heavy atom. The largest absolute Gasteiger partial charge is 0.466 e. The average Bonchev–Trinajstić information content (AvgIpc) is 3.36. The molecule has 0 fully saturated rings. The van der Waals surface area contributed by atoms with Crippen LogP contribution in [0.2, 0.25) is 0 Å². The molecule has 7 nitrogen and oxygen atoms in total. The van der Waals surface area contributed by atoms with E-state index in [4.69, 9.17) is 4.74 Å². The number of aromatic nitrogens is 3. The first kappa shape index (κ1) is 19.8. The van der Waals surface area contributed by atoms with Crippen molar-refractivity contribution in [1.29, 1.82) is 0 Å². The number of carbonyl (C=O) groups excluding carboxylic acids is 1. The molecule has 0 aliphatic rings. The van der Waals surface area contributed by atoms with Gasteiger partial charge >= 0.3 is 5.97 Å². The van der Waals surface area contributed by atoms with E-state index in [-0.39, 0.29) is 12.4 Å². The highest BCUT2D eigenvalue weighted by molar-refractivity contribution is 7.13. The fraction of sp³-hybridized carbons (Fsp3) is 0.182. The second kappa shape index (κ2) is 9.32. The molecular formula is C22H21N5O2S. The van der Waals surface area contributed by atoms with Crippen molar-refractivity contribution in [1.82, 2.24) is 14.5 Å². The van der Waals surface area contributed by atoms with Crippen LogP contribution < -0.4 is 5.43 Å². The minimum absolute atomic E-state index is 0.167. The smallest absolute Gasteiger partial charge is 0.311 e. The predicted molar refractivity (Wildman–Crippen MR) is 119 cm³/mol. The van der Waals surface area contributed by atoms with Crippen molar-refractivity contribution in [3.05, 3.63) is 77.2 Å². The maximum atomic E-state index is 11.5. The van der Waals surface area contributed by atoms with E-state index in [9.17, 15) is 4.79 Å². The second-order valence-electron chi connectivity index (χ2n) is 6.62. The van der Waals surface area contributed by atoms with Gasteiger partial charge in [0, 0.05) is 36.0 Å². The van der Waals surface area contributed by atoms with E-state index in [1.165, 1.54) is 16.7 Å². The van der Waals surface area contributed by atoms with Gasteiger partial charge < -0.3 is 9.30 Å². The van der Waals surface area contributed by atoms with Crippen molar-refractivity contribution in [2.24, 2.45) is 5.10 Å². The zero-order valence-electron chi connectivity index (χ0n) is 16.5. The number of thiazole rings is 1. The normalized spacial score (nSPS) is 11.2. The van der Waals surface area contributed by atoms with Crippen molar-refractivity contribution in [3.63, 3.8) is 0 Å². The molecule has 0 bridgehead atoms. The molecule has 1 aromatic carbocycles. The molecule has 0 saturated carbocycles. The molecular weight excluding hydrogens is 398 g/mol. The van der Waals surface area contributed by atoms with Gasteiger partial charge in [-0.15, -0.1) is 11.3 Å². The van der Waals surface area contributed by atoms with Crippen LogP contribution in [-0.4, -0.2) is 33.3 Å². The summed E-state index contributed by atoms with van der Waals surface area (Å²) in [5.41, 5.74) is 6.86. The van der Waals surface area contributed by atoms with Gasteiger partial charge in [-0.25, -0.2) is 4.98 Å². The van der Waals surface area contributed by atoms with Crippen LogP contribution in [0.5, 0.6) is 0 Å². The summed E-state index contributed by atoms with van der Waals surface area (Å²) in [5.74, 6) is -0.277. The zero-order valence-corrected chi connectivity index (χ0v) is 17.3. The van der Waals surface area contributed by atoms with Gasteiger partial charge in [0.05, 0.1) is 24.9 Å². The van der Waals surface area contributed by atoms with Crippen molar-refractivity contribution in [2.75, 3.05) is 12.0 Å². The van der Waals surface area contributed by atoms with Gasteiger partial charge in [-0.1, -0.05) is 18.2 Å². The minimum atomic E-state index is -0.277. The Labute approximate surface area is 178 Å². The Balaban J connectivity index is 1.42. The summed E-state index contributed by atoms with van der Waals surface area (Å²) < 4.78 is 7.13. The first-order valence-electron chi connectivity index (χ1n) is 9.58. The number of anilines is 1. The number of hydrogen-bond donors (Lipinski definition) is 1. The third kappa shape index (κ3) is 4.90. The standard InChI is InChI=1S/C22H21N5O2S/c1-2-29-21(28)11-19-15-30-22(25-19)26-24-13-16-5-6-18-7-9-27(20(18)10-16)14-17-4-3-8-23-12-17/h3-10,12-13,15H,2,11,14H2,1H3,(H,25,26). The number of fused-ring (bicyclic) bond motifs is 1.